The van der Waals surface area contributed by atoms with Crippen molar-refractivity contribution in [3.63, 3.8) is 0 Å². The third-order valence-electron chi connectivity index (χ3n) is 4.57. The monoisotopic (exact) mass is 333 g/mol. The molecule has 1 aromatic rings. The Labute approximate surface area is 145 Å². The Balaban J connectivity index is 1.71. The molecule has 2 rings (SSSR count). The maximum absolute atomic E-state index is 11.6. The van der Waals surface area contributed by atoms with Gasteiger partial charge in [-0.1, -0.05) is 12.1 Å². The van der Waals surface area contributed by atoms with Crippen molar-refractivity contribution >= 4 is 11.6 Å². The van der Waals surface area contributed by atoms with E-state index in [0.29, 0.717) is 6.54 Å². The van der Waals surface area contributed by atoms with Crippen LogP contribution < -0.4 is 10.2 Å². The maximum Gasteiger partial charge on any atom is 0.251 e. The number of benzene rings is 1. The van der Waals surface area contributed by atoms with Crippen molar-refractivity contribution in [3.8, 4) is 0 Å². The van der Waals surface area contributed by atoms with Gasteiger partial charge in [-0.3, -0.25) is 9.69 Å². The fourth-order valence-electron chi connectivity index (χ4n) is 2.99. The highest BCUT2D eigenvalue weighted by molar-refractivity contribution is 5.83. The molecular weight excluding hydrogens is 302 g/mol. The van der Waals surface area contributed by atoms with Gasteiger partial charge in [-0.05, 0) is 57.9 Å². The molecule has 2 N–H and O–H groups in total. The molecule has 0 atom stereocenters. The highest BCUT2D eigenvalue weighted by atomic mass is 16.3. The van der Waals surface area contributed by atoms with Crippen molar-refractivity contribution in [2.75, 3.05) is 44.2 Å². The van der Waals surface area contributed by atoms with E-state index in [1.165, 1.54) is 30.7 Å². The summed E-state index contributed by atoms with van der Waals surface area (Å²) < 4.78 is 0. The lowest BCUT2D eigenvalue weighted by molar-refractivity contribution is -0.136. The number of aryl methyl sites for hydroxylation is 2. The van der Waals surface area contributed by atoms with Crippen LogP contribution in [0.15, 0.2) is 18.2 Å². The van der Waals surface area contributed by atoms with E-state index in [4.69, 9.17) is 0 Å². The fraction of sp³-hybridized carbons (Fsp3) is 0.632. The Kier molecular flexibility index (Phi) is 6.24. The third-order valence-corrected chi connectivity index (χ3v) is 4.57. The van der Waals surface area contributed by atoms with Gasteiger partial charge in [-0.25, -0.2) is 0 Å². The van der Waals surface area contributed by atoms with E-state index in [2.05, 4.69) is 47.2 Å². The molecule has 24 heavy (non-hydrogen) atoms. The zero-order valence-electron chi connectivity index (χ0n) is 15.4. The molecule has 1 fully saturated rings. The lowest BCUT2D eigenvalue weighted by Crippen LogP contribution is -2.47. The lowest BCUT2D eigenvalue weighted by Gasteiger charge is -2.37. The van der Waals surface area contributed by atoms with Gasteiger partial charge in [0.25, 0.3) is 5.91 Å². The number of nitrogens with one attached hydrogen (secondary N) is 1. The molecule has 1 amide bonds. The zero-order chi connectivity index (χ0) is 17.7. The first kappa shape index (κ1) is 18.7. The number of carbonyl (C=O) groups excluding carboxylic acids is 1. The van der Waals surface area contributed by atoms with Crippen LogP contribution in [0.25, 0.3) is 0 Å². The van der Waals surface area contributed by atoms with Crippen LogP contribution in [0.2, 0.25) is 0 Å². The van der Waals surface area contributed by atoms with Gasteiger partial charge in [0.1, 0.15) is 5.60 Å². The summed E-state index contributed by atoms with van der Waals surface area (Å²) in [7, 11) is 0. The Morgan fingerprint density at radius 2 is 1.88 bits per heavy atom. The topological polar surface area (TPSA) is 55.8 Å². The van der Waals surface area contributed by atoms with E-state index >= 15 is 0 Å². The summed E-state index contributed by atoms with van der Waals surface area (Å²) in [5.41, 5.74) is 2.70. The van der Waals surface area contributed by atoms with Crippen LogP contribution >= 0.6 is 0 Å². The second-order valence-electron chi connectivity index (χ2n) is 7.29. The molecule has 0 radical (unpaired) electrons. The molecule has 5 nitrogen and oxygen atoms in total. The fourth-order valence-corrected chi connectivity index (χ4v) is 2.99. The summed E-state index contributed by atoms with van der Waals surface area (Å²) in [6.45, 7) is 13.1. The average Bonchev–Trinajstić information content (AvgIpc) is 2.53. The molecule has 0 spiro atoms. The normalized spacial score (nSPS) is 16.3. The predicted molar refractivity (Wildman–Crippen MR) is 98.5 cm³/mol. The minimum Gasteiger partial charge on any atom is -0.381 e. The third kappa shape index (κ3) is 5.21. The summed E-state index contributed by atoms with van der Waals surface area (Å²) in [4.78, 5) is 16.5. The molecule has 1 aromatic carbocycles. The van der Waals surface area contributed by atoms with E-state index < -0.39 is 5.60 Å². The predicted octanol–water partition coefficient (Wildman–Crippen LogP) is 1.70. The smallest absolute Gasteiger partial charge is 0.251 e. The minimum absolute atomic E-state index is 0.303. The number of amides is 1. The largest absolute Gasteiger partial charge is 0.381 e. The number of rotatable bonds is 6. The van der Waals surface area contributed by atoms with Crippen molar-refractivity contribution < 1.29 is 9.90 Å². The van der Waals surface area contributed by atoms with E-state index in [0.717, 1.165) is 39.1 Å². The first-order valence-electron chi connectivity index (χ1n) is 8.82. The van der Waals surface area contributed by atoms with E-state index in [1.807, 2.05) is 0 Å². The van der Waals surface area contributed by atoms with Gasteiger partial charge in [0.15, 0.2) is 0 Å². The number of anilines is 1. The lowest BCUT2D eigenvalue weighted by atomic mass is 10.1. The van der Waals surface area contributed by atoms with Crippen molar-refractivity contribution in [1.29, 1.82) is 0 Å². The van der Waals surface area contributed by atoms with Gasteiger partial charge in [0.2, 0.25) is 0 Å². The number of hydrogen-bond acceptors (Lipinski definition) is 4. The first-order valence-corrected chi connectivity index (χ1v) is 8.82. The van der Waals surface area contributed by atoms with Crippen LogP contribution in [-0.4, -0.2) is 60.8 Å². The summed E-state index contributed by atoms with van der Waals surface area (Å²) in [6, 6.07) is 6.64. The van der Waals surface area contributed by atoms with E-state index in [-0.39, 0.29) is 5.91 Å². The van der Waals surface area contributed by atoms with Crippen LogP contribution in [0.4, 0.5) is 5.69 Å². The number of carbonyl (C=O) groups is 1. The quantitative estimate of drug-likeness (QED) is 0.778. The van der Waals surface area contributed by atoms with Crippen LogP contribution in [-0.2, 0) is 4.79 Å². The van der Waals surface area contributed by atoms with Gasteiger partial charge in [-0.15, -0.1) is 0 Å². The zero-order valence-corrected chi connectivity index (χ0v) is 15.4. The second kappa shape index (κ2) is 7.99. The SMILES string of the molecule is Cc1ccc(C)c(N2CCN(CCCNC(=O)C(C)(C)O)CC2)c1. The maximum atomic E-state index is 11.6. The molecular formula is C19H31N3O2. The molecule has 1 saturated heterocycles. The molecule has 0 bridgehead atoms. The molecule has 0 saturated carbocycles. The van der Waals surface area contributed by atoms with Crippen molar-refractivity contribution in [2.45, 2.75) is 39.7 Å². The molecule has 0 aliphatic carbocycles. The number of piperazine rings is 1. The molecule has 0 unspecified atom stereocenters. The van der Waals surface area contributed by atoms with Gasteiger partial charge in [-0.2, -0.15) is 0 Å². The Bertz CT molecular complexity index is 558. The summed E-state index contributed by atoms with van der Waals surface area (Å²) in [6.07, 6.45) is 0.908. The summed E-state index contributed by atoms with van der Waals surface area (Å²) in [5.74, 6) is -0.303. The molecule has 134 valence electrons. The highest BCUT2D eigenvalue weighted by Gasteiger charge is 2.23. The number of nitrogens with zero attached hydrogens (tertiary/aromatic N) is 2. The first-order chi connectivity index (χ1) is 11.3. The Hall–Kier alpha value is -1.59. The molecule has 1 heterocycles. The number of aliphatic hydroxyl groups is 1. The van der Waals surface area contributed by atoms with E-state index in [9.17, 15) is 9.90 Å². The van der Waals surface area contributed by atoms with Crippen molar-refractivity contribution in [1.82, 2.24) is 10.2 Å². The van der Waals surface area contributed by atoms with Crippen LogP contribution in [0, 0.1) is 13.8 Å². The minimum atomic E-state index is -1.29. The van der Waals surface area contributed by atoms with Gasteiger partial charge in [0, 0.05) is 38.4 Å². The van der Waals surface area contributed by atoms with Crippen molar-refractivity contribution in [3.05, 3.63) is 29.3 Å². The molecule has 1 aliphatic rings. The molecule has 1 aliphatic heterocycles. The second-order valence-corrected chi connectivity index (χ2v) is 7.29. The summed E-state index contributed by atoms with van der Waals surface area (Å²) in [5, 5.41) is 12.4. The van der Waals surface area contributed by atoms with Gasteiger partial charge < -0.3 is 15.3 Å². The van der Waals surface area contributed by atoms with Crippen LogP contribution in [0.1, 0.15) is 31.4 Å². The molecule has 5 heteroatoms. The Morgan fingerprint density at radius 3 is 2.50 bits per heavy atom. The van der Waals surface area contributed by atoms with E-state index in [1.54, 1.807) is 0 Å². The van der Waals surface area contributed by atoms with Gasteiger partial charge in [0.05, 0.1) is 0 Å². The highest BCUT2D eigenvalue weighted by Crippen LogP contribution is 2.22. The molecule has 0 aromatic heterocycles. The van der Waals surface area contributed by atoms with Crippen molar-refractivity contribution in [2.24, 2.45) is 0 Å². The summed E-state index contributed by atoms with van der Waals surface area (Å²) >= 11 is 0. The average molecular weight is 333 g/mol. The van der Waals surface area contributed by atoms with Crippen LogP contribution in [0.5, 0.6) is 0 Å². The number of hydrogen-bond donors (Lipinski definition) is 2. The standard InChI is InChI=1S/C19H31N3O2/c1-15-6-7-16(2)17(14-15)22-12-10-21(11-13-22)9-5-8-20-18(23)19(3,4)24/h6-7,14,24H,5,8-13H2,1-4H3,(H,20,23). The van der Waals surface area contributed by atoms with Gasteiger partial charge >= 0.3 is 0 Å². The van der Waals surface area contributed by atoms with Crippen LogP contribution in [0.3, 0.4) is 0 Å². The Morgan fingerprint density at radius 1 is 1.21 bits per heavy atom.